The Labute approximate surface area is 158 Å². The lowest BCUT2D eigenvalue weighted by Gasteiger charge is -2.17. The lowest BCUT2D eigenvalue weighted by molar-refractivity contribution is -0.192. The summed E-state index contributed by atoms with van der Waals surface area (Å²) in [6, 6.07) is 3.01. The van der Waals surface area contributed by atoms with Gasteiger partial charge in [0.15, 0.2) is 0 Å². The van der Waals surface area contributed by atoms with E-state index < -0.39 is 22.2 Å². The molecule has 2 N–H and O–H groups in total. The molecule has 2 atom stereocenters. The van der Waals surface area contributed by atoms with E-state index in [1.807, 2.05) is 0 Å². The molecule has 27 heavy (non-hydrogen) atoms. The lowest BCUT2D eigenvalue weighted by atomic mass is 10.4. The lowest BCUT2D eigenvalue weighted by Crippen LogP contribution is -2.30. The van der Waals surface area contributed by atoms with Gasteiger partial charge < -0.3 is 10.4 Å². The number of nitrogens with one attached hydrogen (secondary N) is 1. The van der Waals surface area contributed by atoms with Crippen LogP contribution in [0.2, 0.25) is 5.15 Å². The third-order valence-corrected chi connectivity index (χ3v) is 5.68. The zero-order valence-corrected chi connectivity index (χ0v) is 15.6. The number of halogens is 4. The molecular formula is C14H17ClF3N3O5S. The quantitative estimate of drug-likeness (QED) is 0.551. The van der Waals surface area contributed by atoms with Gasteiger partial charge in [0.2, 0.25) is 16.4 Å². The minimum atomic E-state index is -5.08. The number of rotatable bonds is 3. The molecular weight excluding hydrogens is 415 g/mol. The Morgan fingerprint density at radius 3 is 2.19 bits per heavy atom. The number of carbonyl (C=O) groups excluding carboxylic acids is 1. The molecule has 3 rings (SSSR count). The van der Waals surface area contributed by atoms with E-state index in [4.69, 9.17) is 26.3 Å². The zero-order chi connectivity index (χ0) is 20.8. The standard InChI is InChI=1S/C10H11ClN2O2S.C2HF3O2.C2H5NO/c11-10-2-1-9(4-12-10)16(14,15)13-5-7-3-8(7)6-13;3-2(4,5)1(6)7;1-3-2-4/h1-2,4,7-8H,3,5-6H2;(H,6,7);2H,1H3,(H,3,4). The highest BCUT2D eigenvalue weighted by molar-refractivity contribution is 7.89. The Morgan fingerprint density at radius 1 is 1.37 bits per heavy atom. The number of nitrogens with zero attached hydrogens (tertiary/aromatic N) is 2. The number of aliphatic carboxylic acids is 1. The maximum atomic E-state index is 12.2. The number of sulfonamides is 1. The fraction of sp³-hybridized carbons (Fsp3) is 0.500. The summed E-state index contributed by atoms with van der Waals surface area (Å²) in [7, 11) is -1.78. The molecule has 0 aromatic carbocycles. The molecule has 2 heterocycles. The van der Waals surface area contributed by atoms with Gasteiger partial charge in [0.25, 0.3) is 0 Å². The van der Waals surface area contributed by atoms with E-state index in [0.29, 0.717) is 36.5 Å². The van der Waals surface area contributed by atoms with Gasteiger partial charge in [0.05, 0.1) is 0 Å². The Morgan fingerprint density at radius 2 is 1.85 bits per heavy atom. The summed E-state index contributed by atoms with van der Waals surface area (Å²) >= 11 is 5.63. The first-order valence-corrected chi connectivity index (χ1v) is 9.28. The molecule has 13 heteroatoms. The van der Waals surface area contributed by atoms with Crippen molar-refractivity contribution in [2.45, 2.75) is 17.5 Å². The summed E-state index contributed by atoms with van der Waals surface area (Å²) < 4.78 is 57.6. The van der Waals surface area contributed by atoms with Crippen molar-refractivity contribution in [2.24, 2.45) is 11.8 Å². The summed E-state index contributed by atoms with van der Waals surface area (Å²) in [5.41, 5.74) is 0. The maximum absolute atomic E-state index is 12.2. The van der Waals surface area contributed by atoms with Crippen molar-refractivity contribution in [2.75, 3.05) is 20.1 Å². The van der Waals surface area contributed by atoms with Gasteiger partial charge in [-0.2, -0.15) is 17.5 Å². The van der Waals surface area contributed by atoms with E-state index in [2.05, 4.69) is 10.3 Å². The van der Waals surface area contributed by atoms with Crippen molar-refractivity contribution in [1.29, 1.82) is 0 Å². The summed E-state index contributed by atoms with van der Waals surface area (Å²) in [5.74, 6) is -1.57. The summed E-state index contributed by atoms with van der Waals surface area (Å²) in [4.78, 5) is 22.0. The van der Waals surface area contributed by atoms with Crippen LogP contribution in [0.3, 0.4) is 0 Å². The summed E-state index contributed by atoms with van der Waals surface area (Å²) in [6.45, 7) is 1.32. The van der Waals surface area contributed by atoms with Crippen LogP contribution < -0.4 is 5.32 Å². The average Bonchev–Trinajstić information content (AvgIpc) is 3.20. The monoisotopic (exact) mass is 431 g/mol. The number of carboxylic acid groups (broad SMARTS) is 1. The van der Waals surface area contributed by atoms with Crippen LogP contribution in [0.15, 0.2) is 23.2 Å². The molecule has 2 fully saturated rings. The van der Waals surface area contributed by atoms with Crippen molar-refractivity contribution in [3.05, 3.63) is 23.5 Å². The van der Waals surface area contributed by atoms with Crippen LogP contribution in [-0.4, -0.2) is 61.5 Å². The fourth-order valence-corrected chi connectivity index (χ4v) is 3.83. The van der Waals surface area contributed by atoms with Crippen molar-refractivity contribution < 1.29 is 36.3 Å². The molecule has 8 nitrogen and oxygen atoms in total. The molecule has 1 aromatic heterocycles. The molecule has 0 radical (unpaired) electrons. The van der Waals surface area contributed by atoms with Gasteiger partial charge in [-0.25, -0.2) is 18.2 Å². The van der Waals surface area contributed by atoms with Crippen molar-refractivity contribution in [3.63, 3.8) is 0 Å². The minimum Gasteiger partial charge on any atom is -0.475 e. The normalized spacial score (nSPS) is 20.9. The number of piperidine rings is 1. The second kappa shape index (κ2) is 9.33. The summed E-state index contributed by atoms with van der Waals surface area (Å²) in [5, 5.41) is 9.68. The molecule has 1 saturated heterocycles. The van der Waals surface area contributed by atoms with Gasteiger partial charge in [-0.3, -0.25) is 4.79 Å². The van der Waals surface area contributed by atoms with Crippen LogP contribution >= 0.6 is 11.6 Å². The number of aromatic nitrogens is 1. The summed E-state index contributed by atoms with van der Waals surface area (Å²) in [6.07, 6.45) is -1.95. The van der Waals surface area contributed by atoms with E-state index in [0.717, 1.165) is 0 Å². The van der Waals surface area contributed by atoms with Crippen LogP contribution in [0.1, 0.15) is 6.42 Å². The average molecular weight is 432 g/mol. The predicted molar refractivity (Wildman–Crippen MR) is 88.4 cm³/mol. The largest absolute Gasteiger partial charge is 0.490 e. The molecule has 1 aliphatic heterocycles. The first-order chi connectivity index (χ1) is 12.4. The first-order valence-electron chi connectivity index (χ1n) is 7.46. The Bertz CT molecular complexity index is 748. The van der Waals surface area contributed by atoms with Gasteiger partial charge in [-0.15, -0.1) is 0 Å². The van der Waals surface area contributed by atoms with Crippen molar-refractivity contribution in [3.8, 4) is 0 Å². The van der Waals surface area contributed by atoms with Gasteiger partial charge in [0, 0.05) is 26.3 Å². The number of hydrogen-bond acceptors (Lipinski definition) is 5. The predicted octanol–water partition coefficient (Wildman–Crippen LogP) is 1.37. The van der Waals surface area contributed by atoms with Gasteiger partial charge in [0.1, 0.15) is 10.0 Å². The SMILES string of the molecule is CNC=O.O=C(O)C(F)(F)F.O=S(=O)(c1ccc(Cl)nc1)N1CC2CC2C1. The smallest absolute Gasteiger partial charge is 0.475 e. The van der Waals surface area contributed by atoms with Crippen molar-refractivity contribution >= 4 is 34.0 Å². The van der Waals surface area contributed by atoms with Crippen LogP contribution in [-0.2, 0) is 19.6 Å². The van der Waals surface area contributed by atoms with Gasteiger partial charge in [-0.05, 0) is 30.4 Å². The van der Waals surface area contributed by atoms with E-state index in [1.165, 1.54) is 24.8 Å². The number of hydrogen-bond donors (Lipinski definition) is 2. The number of fused-ring (bicyclic) bond motifs is 1. The second-order valence-corrected chi connectivity index (χ2v) is 7.93. The van der Waals surface area contributed by atoms with Crippen LogP contribution in [0, 0.1) is 11.8 Å². The highest BCUT2D eigenvalue weighted by atomic mass is 35.5. The molecule has 1 saturated carbocycles. The highest BCUT2D eigenvalue weighted by Crippen LogP contribution is 2.46. The number of carbonyl (C=O) groups is 2. The van der Waals surface area contributed by atoms with Crippen molar-refractivity contribution in [1.82, 2.24) is 14.6 Å². The van der Waals surface area contributed by atoms with Crippen LogP contribution in [0.25, 0.3) is 0 Å². The zero-order valence-electron chi connectivity index (χ0n) is 14.0. The molecule has 0 spiro atoms. The van der Waals surface area contributed by atoms with Gasteiger partial charge in [-0.1, -0.05) is 11.6 Å². The van der Waals surface area contributed by atoms with Gasteiger partial charge >= 0.3 is 12.1 Å². The molecule has 2 unspecified atom stereocenters. The van der Waals surface area contributed by atoms with E-state index in [9.17, 15) is 21.6 Å². The van der Waals surface area contributed by atoms with Crippen LogP contribution in [0.4, 0.5) is 13.2 Å². The molecule has 1 aromatic rings. The van der Waals surface area contributed by atoms with E-state index >= 15 is 0 Å². The Balaban J connectivity index is 0.000000279. The molecule has 0 bridgehead atoms. The third kappa shape index (κ3) is 6.96. The third-order valence-electron chi connectivity index (χ3n) is 3.64. The first kappa shape index (κ1) is 23.1. The fourth-order valence-electron chi connectivity index (χ4n) is 2.22. The molecule has 1 amide bonds. The number of carboxylic acids is 1. The second-order valence-electron chi connectivity index (χ2n) is 5.60. The maximum Gasteiger partial charge on any atom is 0.490 e. The van der Waals surface area contributed by atoms with E-state index in [-0.39, 0.29) is 4.90 Å². The topological polar surface area (TPSA) is 117 Å². The number of alkyl halides is 3. The molecule has 1 aliphatic carbocycles. The Kier molecular flexibility index (Phi) is 7.99. The number of pyridine rings is 1. The van der Waals surface area contributed by atoms with Crippen LogP contribution in [0.5, 0.6) is 0 Å². The minimum absolute atomic E-state index is 0.234. The van der Waals surface area contributed by atoms with E-state index in [1.54, 1.807) is 11.4 Å². The molecule has 2 aliphatic rings. The molecule has 152 valence electrons. The Hall–Kier alpha value is -1.92. The highest BCUT2D eigenvalue weighted by Gasteiger charge is 2.49. The number of amides is 1.